The highest BCUT2D eigenvalue weighted by atomic mass is 79.9. The fourth-order valence-corrected chi connectivity index (χ4v) is 1.57. The zero-order valence-electron chi connectivity index (χ0n) is 8.34. The molecule has 0 N–H and O–H groups in total. The van der Waals surface area contributed by atoms with Crippen LogP contribution in [0.1, 0.15) is 11.1 Å². The smallest absolute Gasteiger partial charge is 0.120 e. The fourth-order valence-electron chi connectivity index (χ4n) is 1.34. The van der Waals surface area contributed by atoms with Crippen LogP contribution >= 0.6 is 15.9 Å². The van der Waals surface area contributed by atoms with Crippen LogP contribution in [0, 0.1) is 13.8 Å². The number of ether oxygens (including phenoxy) is 2. The monoisotopic (exact) mass is 256 g/mol. The van der Waals surface area contributed by atoms with Gasteiger partial charge in [-0.15, -0.1) is 0 Å². The van der Waals surface area contributed by atoms with E-state index in [9.17, 15) is 0 Å². The van der Waals surface area contributed by atoms with E-state index in [1.807, 2.05) is 12.1 Å². The summed E-state index contributed by atoms with van der Waals surface area (Å²) in [6.07, 6.45) is 0.319. The molecule has 1 atom stereocenters. The molecule has 1 fully saturated rings. The van der Waals surface area contributed by atoms with Crippen molar-refractivity contribution in [3.05, 3.63) is 27.7 Å². The lowest BCUT2D eigenvalue weighted by Gasteiger charge is -2.08. The Labute approximate surface area is 92.3 Å². The van der Waals surface area contributed by atoms with Crippen LogP contribution in [0.15, 0.2) is 16.6 Å². The Morgan fingerprint density at radius 2 is 2.00 bits per heavy atom. The molecule has 0 saturated carbocycles. The van der Waals surface area contributed by atoms with Crippen LogP contribution in [0.3, 0.4) is 0 Å². The van der Waals surface area contributed by atoms with Gasteiger partial charge in [0.2, 0.25) is 0 Å². The first-order chi connectivity index (χ1) is 6.66. The predicted molar refractivity (Wildman–Crippen MR) is 58.9 cm³/mol. The van der Waals surface area contributed by atoms with Crippen molar-refractivity contribution < 1.29 is 9.47 Å². The van der Waals surface area contributed by atoms with Gasteiger partial charge in [0.1, 0.15) is 18.5 Å². The van der Waals surface area contributed by atoms with E-state index in [4.69, 9.17) is 9.47 Å². The third-order valence-corrected chi connectivity index (χ3v) is 3.50. The molecule has 2 rings (SSSR count). The van der Waals surface area contributed by atoms with Crippen LogP contribution in [-0.2, 0) is 4.74 Å². The summed E-state index contributed by atoms with van der Waals surface area (Å²) in [5.74, 6) is 0.929. The Balaban J connectivity index is 2.08. The Bertz CT molecular complexity index is 322. The van der Waals surface area contributed by atoms with Crippen molar-refractivity contribution in [3.8, 4) is 5.75 Å². The molecule has 0 amide bonds. The molecule has 76 valence electrons. The summed E-state index contributed by atoms with van der Waals surface area (Å²) in [7, 11) is 0. The number of hydrogen-bond acceptors (Lipinski definition) is 2. The third-order valence-electron chi connectivity index (χ3n) is 2.25. The van der Waals surface area contributed by atoms with Gasteiger partial charge in [0.15, 0.2) is 0 Å². The van der Waals surface area contributed by atoms with E-state index in [0.29, 0.717) is 12.7 Å². The molecule has 1 saturated heterocycles. The van der Waals surface area contributed by atoms with Gasteiger partial charge in [0.05, 0.1) is 6.61 Å². The van der Waals surface area contributed by atoms with Gasteiger partial charge in [0.25, 0.3) is 0 Å². The number of aryl methyl sites for hydroxylation is 2. The maximum Gasteiger partial charge on any atom is 0.120 e. The molecule has 0 bridgehead atoms. The van der Waals surface area contributed by atoms with E-state index in [-0.39, 0.29) is 0 Å². The van der Waals surface area contributed by atoms with Crippen molar-refractivity contribution in [2.24, 2.45) is 0 Å². The van der Waals surface area contributed by atoms with E-state index in [2.05, 4.69) is 29.8 Å². The molecule has 2 nitrogen and oxygen atoms in total. The molecule has 0 aliphatic carbocycles. The molecule has 1 aromatic rings. The molecule has 1 unspecified atom stereocenters. The van der Waals surface area contributed by atoms with Gasteiger partial charge in [-0.1, -0.05) is 15.9 Å². The quantitative estimate of drug-likeness (QED) is 0.776. The first kappa shape index (κ1) is 9.99. The van der Waals surface area contributed by atoms with E-state index < -0.39 is 0 Å². The van der Waals surface area contributed by atoms with Gasteiger partial charge in [0, 0.05) is 4.47 Å². The highest BCUT2D eigenvalue weighted by Gasteiger charge is 2.23. The lowest BCUT2D eigenvalue weighted by molar-refractivity contribution is 0.263. The van der Waals surface area contributed by atoms with Crippen LogP contribution in [0.5, 0.6) is 5.75 Å². The average Bonchev–Trinajstić information content (AvgIpc) is 2.94. The molecule has 1 heterocycles. The summed E-state index contributed by atoms with van der Waals surface area (Å²) in [4.78, 5) is 0. The van der Waals surface area contributed by atoms with Crippen LogP contribution in [0.25, 0.3) is 0 Å². The number of hydrogen-bond donors (Lipinski definition) is 0. The minimum Gasteiger partial charge on any atom is -0.491 e. The minimum absolute atomic E-state index is 0.319. The first-order valence-corrected chi connectivity index (χ1v) is 5.47. The zero-order valence-corrected chi connectivity index (χ0v) is 9.93. The van der Waals surface area contributed by atoms with Crippen molar-refractivity contribution in [2.75, 3.05) is 13.2 Å². The number of rotatable bonds is 3. The van der Waals surface area contributed by atoms with Gasteiger partial charge in [-0.05, 0) is 37.1 Å². The molecule has 1 aliphatic rings. The summed E-state index contributed by atoms with van der Waals surface area (Å²) in [6.45, 7) is 5.64. The zero-order chi connectivity index (χ0) is 10.1. The highest BCUT2D eigenvalue weighted by Crippen LogP contribution is 2.26. The van der Waals surface area contributed by atoms with Gasteiger partial charge in [-0.2, -0.15) is 0 Å². The lowest BCUT2D eigenvalue weighted by Crippen LogP contribution is -2.04. The molecule has 1 aromatic carbocycles. The van der Waals surface area contributed by atoms with Crippen LogP contribution in [0.4, 0.5) is 0 Å². The van der Waals surface area contributed by atoms with E-state index in [1.54, 1.807) is 0 Å². The summed E-state index contributed by atoms with van der Waals surface area (Å²) in [5.41, 5.74) is 2.41. The topological polar surface area (TPSA) is 21.8 Å². The predicted octanol–water partition coefficient (Wildman–Crippen LogP) is 2.84. The van der Waals surface area contributed by atoms with E-state index >= 15 is 0 Å². The average molecular weight is 257 g/mol. The molecule has 3 heteroatoms. The molecule has 14 heavy (non-hydrogen) atoms. The summed E-state index contributed by atoms with van der Waals surface area (Å²) in [6, 6.07) is 4.08. The number of benzene rings is 1. The standard InChI is InChI=1S/C11H13BrO2/c1-7-3-9(4-8(2)11(7)12)13-5-10-6-14-10/h3-4,10H,5-6H2,1-2H3. The van der Waals surface area contributed by atoms with Gasteiger partial charge in [-0.25, -0.2) is 0 Å². The lowest BCUT2D eigenvalue weighted by atomic mass is 10.1. The molecular formula is C11H13BrO2. The number of epoxide rings is 1. The Morgan fingerprint density at radius 3 is 2.50 bits per heavy atom. The van der Waals surface area contributed by atoms with Gasteiger partial charge in [-0.3, -0.25) is 0 Å². The van der Waals surface area contributed by atoms with Crippen molar-refractivity contribution >= 4 is 15.9 Å². The normalized spacial score (nSPS) is 19.5. The van der Waals surface area contributed by atoms with Crippen molar-refractivity contribution in [1.29, 1.82) is 0 Å². The Hall–Kier alpha value is -0.540. The van der Waals surface area contributed by atoms with Crippen molar-refractivity contribution in [3.63, 3.8) is 0 Å². The second kappa shape index (κ2) is 3.91. The third kappa shape index (κ3) is 2.28. The largest absolute Gasteiger partial charge is 0.491 e. The molecule has 0 spiro atoms. The molecule has 0 radical (unpaired) electrons. The molecule has 0 aromatic heterocycles. The molecular weight excluding hydrogens is 244 g/mol. The maximum atomic E-state index is 5.60. The van der Waals surface area contributed by atoms with Crippen LogP contribution < -0.4 is 4.74 Å². The summed E-state index contributed by atoms with van der Waals surface area (Å²) >= 11 is 3.53. The van der Waals surface area contributed by atoms with Gasteiger partial charge >= 0.3 is 0 Å². The number of halogens is 1. The van der Waals surface area contributed by atoms with E-state index in [0.717, 1.165) is 16.8 Å². The second-order valence-electron chi connectivity index (χ2n) is 3.64. The summed E-state index contributed by atoms with van der Waals surface area (Å²) < 4.78 is 11.8. The van der Waals surface area contributed by atoms with Crippen LogP contribution in [-0.4, -0.2) is 19.3 Å². The summed E-state index contributed by atoms with van der Waals surface area (Å²) in [5, 5.41) is 0. The van der Waals surface area contributed by atoms with Crippen molar-refractivity contribution in [2.45, 2.75) is 20.0 Å². The maximum absolute atomic E-state index is 5.60. The highest BCUT2D eigenvalue weighted by molar-refractivity contribution is 9.10. The van der Waals surface area contributed by atoms with E-state index in [1.165, 1.54) is 11.1 Å². The van der Waals surface area contributed by atoms with Gasteiger partial charge < -0.3 is 9.47 Å². The van der Waals surface area contributed by atoms with Crippen LogP contribution in [0.2, 0.25) is 0 Å². The SMILES string of the molecule is Cc1cc(OCC2CO2)cc(C)c1Br. The Morgan fingerprint density at radius 1 is 1.43 bits per heavy atom. The fraction of sp³-hybridized carbons (Fsp3) is 0.455. The first-order valence-electron chi connectivity index (χ1n) is 4.68. The molecule has 1 aliphatic heterocycles. The van der Waals surface area contributed by atoms with Crippen molar-refractivity contribution in [1.82, 2.24) is 0 Å². The Kier molecular flexibility index (Phi) is 2.79. The second-order valence-corrected chi connectivity index (χ2v) is 4.43. The minimum atomic E-state index is 0.319.